The van der Waals surface area contributed by atoms with E-state index >= 15 is 0 Å². The molecule has 4 nitrogen and oxygen atoms in total. The number of hydrogen-bond acceptors (Lipinski definition) is 5. The maximum Gasteiger partial charge on any atom is 0.137 e. The number of aromatic nitrogens is 3. The lowest BCUT2D eigenvalue weighted by atomic mass is 10.0. The topological polar surface area (TPSA) is 54.7 Å². The molecule has 0 saturated heterocycles. The summed E-state index contributed by atoms with van der Waals surface area (Å²) in [4.78, 5) is 14.4. The normalized spacial score (nSPS) is 12.2. The van der Waals surface area contributed by atoms with Crippen molar-refractivity contribution in [3.8, 4) is 44.5 Å². The van der Waals surface area contributed by atoms with Gasteiger partial charge in [-0.05, 0) is 118 Å². The van der Waals surface area contributed by atoms with Crippen LogP contribution in [0.2, 0.25) is 0 Å². The van der Waals surface area contributed by atoms with Crippen LogP contribution in [-0.2, 0) is 0 Å². The second-order valence-electron chi connectivity index (χ2n) is 12.1. The third kappa shape index (κ3) is 4.98. The third-order valence-corrected chi connectivity index (χ3v) is 10.3. The molecule has 2 aliphatic heterocycles. The van der Waals surface area contributed by atoms with Crippen LogP contribution in [0.4, 0.5) is 0 Å². The minimum atomic E-state index is 0.775. The Bertz CT molecular complexity index is 2550. The van der Waals surface area contributed by atoms with Crippen LogP contribution in [0.5, 0.6) is 0 Å². The molecule has 0 radical (unpaired) electrons. The van der Waals surface area contributed by atoms with Crippen LogP contribution in [0.15, 0.2) is 111 Å². The fraction of sp³-hybridized carbons (Fsp3) is 0.0476. The zero-order valence-corrected chi connectivity index (χ0v) is 28.0. The molecule has 0 aliphatic carbocycles. The van der Waals surface area contributed by atoms with Crippen LogP contribution in [-0.4, -0.2) is 15.0 Å². The minimum absolute atomic E-state index is 0.775. The quantitative estimate of drug-likeness (QED) is 0.205. The molecular formula is C42H29N3OS2. The van der Waals surface area contributed by atoms with Gasteiger partial charge in [0.05, 0.1) is 33.9 Å². The molecule has 7 aromatic rings. The zero-order chi connectivity index (χ0) is 32.2. The molecule has 48 heavy (non-hydrogen) atoms. The first kappa shape index (κ1) is 28.6. The zero-order valence-electron chi connectivity index (χ0n) is 26.3. The van der Waals surface area contributed by atoms with E-state index in [1.54, 1.807) is 22.7 Å². The maximum atomic E-state index is 6.81. The summed E-state index contributed by atoms with van der Waals surface area (Å²) in [7, 11) is 0. The lowest BCUT2D eigenvalue weighted by molar-refractivity contribution is 0.668. The van der Waals surface area contributed by atoms with Gasteiger partial charge in [-0.2, -0.15) is 22.7 Å². The Labute approximate surface area is 286 Å². The largest absolute Gasteiger partial charge is 0.456 e. The van der Waals surface area contributed by atoms with Gasteiger partial charge in [-0.3, -0.25) is 0 Å². The second-order valence-corrected chi connectivity index (χ2v) is 13.7. The molecule has 0 amide bonds. The van der Waals surface area contributed by atoms with E-state index in [1.165, 1.54) is 11.1 Å². The van der Waals surface area contributed by atoms with Gasteiger partial charge in [0.15, 0.2) is 0 Å². The number of fused-ring (bicyclic) bond motifs is 8. The van der Waals surface area contributed by atoms with Crippen molar-refractivity contribution in [1.82, 2.24) is 15.0 Å². The lowest BCUT2D eigenvalue weighted by Gasteiger charge is -2.07. The molecule has 0 atom stereocenters. The molecule has 0 fully saturated rings. The first-order valence-electron chi connectivity index (χ1n) is 15.9. The van der Waals surface area contributed by atoms with Crippen molar-refractivity contribution < 1.29 is 4.42 Å². The van der Waals surface area contributed by atoms with Gasteiger partial charge in [0.2, 0.25) is 0 Å². The highest BCUT2D eigenvalue weighted by Crippen LogP contribution is 2.39. The van der Waals surface area contributed by atoms with E-state index in [-0.39, 0.29) is 0 Å². The summed E-state index contributed by atoms with van der Waals surface area (Å²) in [6, 6.07) is 30.0. The number of rotatable bonds is 4. The van der Waals surface area contributed by atoms with Crippen molar-refractivity contribution in [2.45, 2.75) is 13.8 Å². The van der Waals surface area contributed by atoms with Crippen LogP contribution in [0.3, 0.4) is 0 Å². The monoisotopic (exact) mass is 655 g/mol. The van der Waals surface area contributed by atoms with E-state index in [9.17, 15) is 0 Å². The summed E-state index contributed by atoms with van der Waals surface area (Å²) in [5, 5.41) is 8.53. The second kappa shape index (κ2) is 11.6. The van der Waals surface area contributed by atoms with Crippen LogP contribution < -0.4 is 0 Å². The number of nitrogens with zero attached hydrogens (tertiary/aromatic N) is 2. The molecule has 230 valence electrons. The van der Waals surface area contributed by atoms with Crippen LogP contribution in [0.25, 0.3) is 91.0 Å². The predicted molar refractivity (Wildman–Crippen MR) is 204 cm³/mol. The minimum Gasteiger partial charge on any atom is -0.456 e. The summed E-state index contributed by atoms with van der Waals surface area (Å²) in [5.41, 5.74) is 17.8. The first-order valence-corrected chi connectivity index (χ1v) is 17.7. The summed E-state index contributed by atoms with van der Waals surface area (Å²) < 4.78 is 6.81. The number of hydrogen-bond donors (Lipinski definition) is 1. The van der Waals surface area contributed by atoms with Gasteiger partial charge in [-0.25, -0.2) is 9.97 Å². The number of aryl methyl sites for hydroxylation is 2. The van der Waals surface area contributed by atoms with E-state index in [4.69, 9.17) is 14.4 Å². The lowest BCUT2D eigenvalue weighted by Crippen LogP contribution is -1.91. The maximum absolute atomic E-state index is 6.81. The Hall–Kier alpha value is -5.56. The molecule has 2 aliphatic rings. The Morgan fingerprint density at radius 1 is 0.458 bits per heavy atom. The van der Waals surface area contributed by atoms with E-state index < -0.39 is 0 Å². The van der Waals surface area contributed by atoms with E-state index in [0.717, 1.165) is 89.5 Å². The molecule has 1 N–H and O–H groups in total. The molecule has 0 saturated carbocycles. The Kier molecular flexibility index (Phi) is 6.92. The average molecular weight is 656 g/mol. The molecule has 9 rings (SSSR count). The van der Waals surface area contributed by atoms with Gasteiger partial charge in [0.1, 0.15) is 11.2 Å². The fourth-order valence-corrected chi connectivity index (χ4v) is 7.84. The van der Waals surface area contributed by atoms with Crippen LogP contribution in [0, 0.1) is 13.8 Å². The van der Waals surface area contributed by atoms with Crippen molar-refractivity contribution in [3.05, 3.63) is 140 Å². The van der Waals surface area contributed by atoms with Gasteiger partial charge in [0, 0.05) is 22.2 Å². The summed E-state index contributed by atoms with van der Waals surface area (Å²) in [6.45, 7) is 4.23. The highest BCUT2D eigenvalue weighted by Gasteiger charge is 2.20. The van der Waals surface area contributed by atoms with Gasteiger partial charge in [0.25, 0.3) is 0 Å². The summed E-state index contributed by atoms with van der Waals surface area (Å²) in [6.07, 6.45) is 8.47. The van der Waals surface area contributed by atoms with Crippen molar-refractivity contribution in [2.75, 3.05) is 0 Å². The standard InChI is InChI=1S/C42H29N3OS2/c1-25-3-7-27(8-4-25)39-31-11-12-32(43-31)40(28-9-5-26(2)6-10-28)34-14-16-36(45-34)42(30-20-22-48-24-30)38-18-17-37(46-38)41(29-19-21-47-23-29)35-15-13-33(39)44-35/h3-24,44H,1-2H3. The number of aromatic amines is 1. The van der Waals surface area contributed by atoms with Gasteiger partial charge in [-0.15, -0.1) is 0 Å². The highest BCUT2D eigenvalue weighted by molar-refractivity contribution is 7.08. The van der Waals surface area contributed by atoms with E-state index in [1.807, 2.05) is 0 Å². The number of furan rings is 1. The molecular weight excluding hydrogens is 627 g/mol. The number of thiophene rings is 2. The Morgan fingerprint density at radius 2 is 0.917 bits per heavy atom. The Balaban J connectivity index is 1.47. The van der Waals surface area contributed by atoms with Crippen molar-refractivity contribution >= 4 is 69.2 Å². The molecule has 5 aromatic heterocycles. The van der Waals surface area contributed by atoms with E-state index in [2.05, 4.69) is 150 Å². The molecule has 6 heteroatoms. The van der Waals surface area contributed by atoms with Crippen LogP contribution in [0.1, 0.15) is 33.9 Å². The fourth-order valence-electron chi connectivity index (χ4n) is 6.54. The van der Waals surface area contributed by atoms with Gasteiger partial charge >= 0.3 is 0 Å². The number of H-pyrrole nitrogens is 1. The molecule has 8 bridgehead atoms. The van der Waals surface area contributed by atoms with Gasteiger partial charge in [-0.1, -0.05) is 59.7 Å². The predicted octanol–water partition coefficient (Wildman–Crippen LogP) is 12.3. The SMILES string of the molecule is Cc1ccc(-c2c3nc(c(-c4ccc(C)cc4)c4ccc([nH]4)c(-c4ccsc4)c4ccc(o4)c(-c4ccsc4)c4nc2C=C4)C=C3)cc1. The van der Waals surface area contributed by atoms with Crippen molar-refractivity contribution in [2.24, 2.45) is 0 Å². The molecule has 0 spiro atoms. The van der Waals surface area contributed by atoms with Crippen molar-refractivity contribution in [1.29, 1.82) is 0 Å². The smallest absolute Gasteiger partial charge is 0.137 e. The summed E-state index contributed by atoms with van der Waals surface area (Å²) >= 11 is 3.34. The highest BCUT2D eigenvalue weighted by atomic mass is 32.1. The molecule has 7 heterocycles. The van der Waals surface area contributed by atoms with E-state index in [0.29, 0.717) is 0 Å². The number of benzene rings is 2. The van der Waals surface area contributed by atoms with Gasteiger partial charge < -0.3 is 9.40 Å². The first-order chi connectivity index (χ1) is 23.6. The Morgan fingerprint density at radius 3 is 1.46 bits per heavy atom. The van der Waals surface area contributed by atoms with Crippen molar-refractivity contribution in [3.63, 3.8) is 0 Å². The van der Waals surface area contributed by atoms with Crippen LogP contribution >= 0.6 is 22.7 Å². The molecule has 0 unspecified atom stereocenters. The summed E-state index contributed by atoms with van der Waals surface area (Å²) in [5.74, 6) is 0. The third-order valence-electron chi connectivity index (χ3n) is 8.93. The molecule has 2 aromatic carbocycles. The average Bonchev–Trinajstić information content (AvgIpc) is 3.94. The number of nitrogens with one attached hydrogen (secondary N) is 1.